The maximum absolute atomic E-state index is 10.5. The minimum Gasteiger partial charge on any atom is -0.456 e. The summed E-state index contributed by atoms with van der Waals surface area (Å²) >= 11 is 0. The van der Waals surface area contributed by atoms with E-state index in [1.54, 1.807) is 53.2 Å². The molecule has 19 heavy (non-hydrogen) atoms. The minimum absolute atomic E-state index is 0.324. The number of nitroso groups, excluding NO2 is 1. The highest BCUT2D eigenvalue weighted by Crippen LogP contribution is 2.25. The lowest BCUT2D eigenvalue weighted by atomic mass is 10.3. The molecule has 0 fully saturated rings. The van der Waals surface area contributed by atoms with Crippen LogP contribution in [0.5, 0.6) is 11.5 Å². The van der Waals surface area contributed by atoms with Gasteiger partial charge in [0, 0.05) is 6.07 Å². The van der Waals surface area contributed by atoms with Crippen molar-refractivity contribution in [1.82, 2.24) is 9.38 Å². The molecule has 0 spiro atoms. The van der Waals surface area contributed by atoms with E-state index in [-0.39, 0.29) is 0 Å². The smallest absolute Gasteiger partial charge is 0.144 e. The van der Waals surface area contributed by atoms with E-state index in [9.17, 15) is 4.91 Å². The molecule has 94 valence electrons. The summed E-state index contributed by atoms with van der Waals surface area (Å²) in [5, 5.41) is 2.86. The molecule has 1 aromatic carbocycles. The predicted octanol–water partition coefficient (Wildman–Crippen LogP) is 3.11. The van der Waals surface area contributed by atoms with Gasteiger partial charge in [0.25, 0.3) is 0 Å². The van der Waals surface area contributed by atoms with Crippen LogP contribution in [0, 0.1) is 4.91 Å². The molecule has 0 amide bonds. The fraction of sp³-hybridized carbons (Fsp3) is 0. The van der Waals surface area contributed by atoms with Crippen LogP contribution < -0.4 is 10.5 Å². The van der Waals surface area contributed by atoms with Gasteiger partial charge in [-0.2, -0.15) is 0 Å². The van der Waals surface area contributed by atoms with Crippen LogP contribution in [0.2, 0.25) is 0 Å². The second-order valence-electron chi connectivity index (χ2n) is 3.99. The Morgan fingerprint density at radius 2 is 2.05 bits per heavy atom. The van der Waals surface area contributed by atoms with Crippen molar-refractivity contribution in [2.24, 2.45) is 5.18 Å². The number of benzene rings is 1. The van der Waals surface area contributed by atoms with Crippen molar-refractivity contribution in [1.29, 1.82) is 0 Å². The van der Waals surface area contributed by atoms with E-state index >= 15 is 0 Å². The second kappa shape index (κ2) is 4.41. The van der Waals surface area contributed by atoms with E-state index in [1.807, 2.05) is 0 Å². The highest BCUT2D eigenvalue weighted by atomic mass is 16.5. The van der Waals surface area contributed by atoms with Crippen molar-refractivity contribution >= 4 is 17.2 Å². The number of nitrogens with zero attached hydrogens (tertiary/aromatic N) is 3. The van der Waals surface area contributed by atoms with E-state index in [1.165, 1.54) is 0 Å². The van der Waals surface area contributed by atoms with Gasteiger partial charge in [0.05, 0.1) is 12.4 Å². The summed E-state index contributed by atoms with van der Waals surface area (Å²) in [7, 11) is 0. The van der Waals surface area contributed by atoms with Crippen molar-refractivity contribution in [2.45, 2.75) is 0 Å². The predicted molar refractivity (Wildman–Crippen MR) is 71.6 cm³/mol. The average Bonchev–Trinajstić information content (AvgIpc) is 2.78. The first-order valence-electron chi connectivity index (χ1n) is 5.60. The summed E-state index contributed by atoms with van der Waals surface area (Å²) in [5.74, 6) is 1.61. The maximum Gasteiger partial charge on any atom is 0.144 e. The van der Waals surface area contributed by atoms with Crippen molar-refractivity contribution in [3.8, 4) is 11.5 Å². The van der Waals surface area contributed by atoms with Gasteiger partial charge in [-0.1, -0.05) is 6.07 Å². The Morgan fingerprint density at radius 1 is 1.16 bits per heavy atom. The summed E-state index contributed by atoms with van der Waals surface area (Å²) in [6.07, 6.45) is 3.46. The molecule has 3 aromatic rings. The van der Waals surface area contributed by atoms with E-state index in [4.69, 9.17) is 10.5 Å². The topological polar surface area (TPSA) is 82.0 Å². The lowest BCUT2D eigenvalue weighted by molar-refractivity contribution is 0.480. The zero-order valence-corrected chi connectivity index (χ0v) is 9.85. The van der Waals surface area contributed by atoms with Gasteiger partial charge in [-0.25, -0.2) is 4.98 Å². The molecule has 0 aliphatic rings. The summed E-state index contributed by atoms with van der Waals surface area (Å²) < 4.78 is 7.42. The van der Waals surface area contributed by atoms with Crippen LogP contribution in [0.15, 0.2) is 54.0 Å². The van der Waals surface area contributed by atoms with E-state index < -0.39 is 0 Å². The molecule has 6 nitrogen and oxygen atoms in total. The Bertz CT molecular complexity index is 751. The molecule has 2 N–H and O–H groups in total. The molecule has 0 radical (unpaired) electrons. The largest absolute Gasteiger partial charge is 0.456 e. The molecule has 2 heterocycles. The fourth-order valence-electron chi connectivity index (χ4n) is 1.79. The van der Waals surface area contributed by atoms with Crippen LogP contribution in [0.25, 0.3) is 5.65 Å². The first-order chi connectivity index (χ1) is 9.24. The quantitative estimate of drug-likeness (QED) is 0.728. The molecule has 6 heteroatoms. The minimum atomic E-state index is 0.324. The van der Waals surface area contributed by atoms with Crippen LogP contribution >= 0.6 is 0 Å². The Labute approximate surface area is 108 Å². The molecule has 0 saturated heterocycles. The molecule has 0 aliphatic heterocycles. The van der Waals surface area contributed by atoms with E-state index in [2.05, 4.69) is 10.2 Å². The highest BCUT2D eigenvalue weighted by molar-refractivity contribution is 5.49. The van der Waals surface area contributed by atoms with E-state index in [0.29, 0.717) is 23.0 Å². The van der Waals surface area contributed by atoms with Gasteiger partial charge in [-0.3, -0.25) is 0 Å². The zero-order chi connectivity index (χ0) is 13.2. The fourth-order valence-corrected chi connectivity index (χ4v) is 1.79. The van der Waals surface area contributed by atoms with Gasteiger partial charge in [0.1, 0.15) is 28.7 Å². The number of rotatable bonds is 3. The number of imidazole rings is 1. The van der Waals surface area contributed by atoms with Crippen LogP contribution in [0.3, 0.4) is 0 Å². The number of pyridine rings is 1. The molecule has 0 unspecified atom stereocenters. The first kappa shape index (κ1) is 11.2. The SMILES string of the molecule is Nc1cn2cc(Oc3cccc(N=O)c3)ccc2n1. The number of anilines is 1. The Balaban J connectivity index is 1.93. The van der Waals surface area contributed by atoms with Crippen molar-refractivity contribution in [3.05, 3.63) is 53.7 Å². The third-order valence-corrected chi connectivity index (χ3v) is 2.60. The molecule has 0 aliphatic carbocycles. The lowest BCUT2D eigenvalue weighted by Gasteiger charge is -2.05. The summed E-state index contributed by atoms with van der Waals surface area (Å²) in [5.41, 5.74) is 6.68. The summed E-state index contributed by atoms with van der Waals surface area (Å²) in [6.45, 7) is 0. The molecule has 0 saturated carbocycles. The van der Waals surface area contributed by atoms with Gasteiger partial charge in [-0.05, 0) is 29.4 Å². The molecule has 0 atom stereocenters. The summed E-state index contributed by atoms with van der Waals surface area (Å²) in [6, 6.07) is 10.2. The Hall–Kier alpha value is -2.89. The molecular formula is C13H10N4O2. The number of hydrogen-bond donors (Lipinski definition) is 1. The van der Waals surface area contributed by atoms with Crippen LogP contribution in [-0.2, 0) is 0 Å². The summed E-state index contributed by atoms with van der Waals surface area (Å²) in [4.78, 5) is 14.6. The van der Waals surface area contributed by atoms with Gasteiger partial charge < -0.3 is 14.9 Å². The number of nitrogens with two attached hydrogens (primary N) is 1. The van der Waals surface area contributed by atoms with Crippen molar-refractivity contribution in [3.63, 3.8) is 0 Å². The van der Waals surface area contributed by atoms with Gasteiger partial charge in [0.2, 0.25) is 0 Å². The van der Waals surface area contributed by atoms with Crippen LogP contribution in [0.1, 0.15) is 0 Å². The molecular weight excluding hydrogens is 244 g/mol. The first-order valence-corrected chi connectivity index (χ1v) is 5.60. The monoisotopic (exact) mass is 254 g/mol. The average molecular weight is 254 g/mol. The standard InChI is InChI=1S/C13H10N4O2/c14-12-8-17-7-11(4-5-13(17)15-12)19-10-3-1-2-9(6-10)16-18/h1-8H,14H2. The second-order valence-corrected chi connectivity index (χ2v) is 3.99. The van der Waals surface area contributed by atoms with Gasteiger partial charge >= 0.3 is 0 Å². The van der Waals surface area contributed by atoms with Crippen LogP contribution in [0.4, 0.5) is 11.5 Å². The van der Waals surface area contributed by atoms with Gasteiger partial charge in [0.15, 0.2) is 0 Å². The number of ether oxygens (including phenoxy) is 1. The van der Waals surface area contributed by atoms with Crippen LogP contribution in [-0.4, -0.2) is 9.38 Å². The number of fused-ring (bicyclic) bond motifs is 1. The normalized spacial score (nSPS) is 10.5. The molecule has 3 rings (SSSR count). The number of nitrogen functional groups attached to an aromatic ring is 1. The maximum atomic E-state index is 10.5. The third-order valence-electron chi connectivity index (χ3n) is 2.60. The van der Waals surface area contributed by atoms with E-state index in [0.717, 1.165) is 5.65 Å². The highest BCUT2D eigenvalue weighted by Gasteiger charge is 2.02. The Kier molecular flexibility index (Phi) is 2.60. The zero-order valence-electron chi connectivity index (χ0n) is 9.85. The number of aromatic nitrogens is 2. The van der Waals surface area contributed by atoms with Crippen molar-refractivity contribution in [2.75, 3.05) is 5.73 Å². The Morgan fingerprint density at radius 3 is 2.89 bits per heavy atom. The third kappa shape index (κ3) is 2.23. The molecule has 0 bridgehead atoms. The lowest BCUT2D eigenvalue weighted by Crippen LogP contribution is -1.88. The molecule has 2 aromatic heterocycles. The van der Waals surface area contributed by atoms with Gasteiger partial charge in [-0.15, -0.1) is 4.91 Å². The van der Waals surface area contributed by atoms with Crippen molar-refractivity contribution < 1.29 is 4.74 Å². The number of hydrogen-bond acceptors (Lipinski definition) is 5.